The van der Waals surface area contributed by atoms with Gasteiger partial charge in [-0.05, 0) is 19.8 Å². The summed E-state index contributed by atoms with van der Waals surface area (Å²) in [6, 6.07) is 0. The van der Waals surface area contributed by atoms with Crippen molar-refractivity contribution in [3.63, 3.8) is 0 Å². The van der Waals surface area contributed by atoms with Gasteiger partial charge < -0.3 is 14.8 Å². The van der Waals surface area contributed by atoms with Crippen LogP contribution in [0, 0.1) is 0 Å². The number of thiazole rings is 1. The van der Waals surface area contributed by atoms with Crippen LogP contribution in [0.25, 0.3) is 0 Å². The zero-order chi connectivity index (χ0) is 13.5. The summed E-state index contributed by atoms with van der Waals surface area (Å²) in [5, 5.41) is 3.94. The summed E-state index contributed by atoms with van der Waals surface area (Å²) in [7, 11) is 0. The van der Waals surface area contributed by atoms with E-state index in [4.69, 9.17) is 9.47 Å². The van der Waals surface area contributed by atoms with Gasteiger partial charge in [-0.2, -0.15) is 0 Å². The molecular weight excluding hydrogens is 264 g/mol. The van der Waals surface area contributed by atoms with Crippen LogP contribution in [0.3, 0.4) is 0 Å². The lowest BCUT2D eigenvalue weighted by atomic mass is 10.3. The maximum absolute atomic E-state index is 11.6. The van der Waals surface area contributed by atoms with Crippen LogP contribution in [0.1, 0.15) is 43.1 Å². The van der Waals surface area contributed by atoms with Crippen LogP contribution in [0.15, 0.2) is 5.51 Å². The molecule has 1 saturated carbocycles. The van der Waals surface area contributed by atoms with Crippen molar-refractivity contribution in [2.24, 2.45) is 0 Å². The third-order valence-corrected chi connectivity index (χ3v) is 3.86. The van der Waals surface area contributed by atoms with Gasteiger partial charge in [0.1, 0.15) is 5.00 Å². The van der Waals surface area contributed by atoms with Gasteiger partial charge in [0.25, 0.3) is 0 Å². The number of rotatable bonds is 7. The Kier molecular flexibility index (Phi) is 5.60. The lowest BCUT2D eigenvalue weighted by Gasteiger charge is -2.11. The maximum Gasteiger partial charge on any atom is 0.360 e. The minimum Gasteiger partial charge on any atom is -0.461 e. The first kappa shape index (κ1) is 14.3. The third-order valence-electron chi connectivity index (χ3n) is 3.08. The fourth-order valence-electron chi connectivity index (χ4n) is 2.16. The molecule has 0 radical (unpaired) electrons. The van der Waals surface area contributed by atoms with Gasteiger partial charge >= 0.3 is 5.97 Å². The van der Waals surface area contributed by atoms with Gasteiger partial charge in [-0.1, -0.05) is 12.8 Å². The Balaban J connectivity index is 1.73. The minimum atomic E-state index is -0.372. The number of hydrogen-bond acceptors (Lipinski definition) is 6. The first-order valence-electron chi connectivity index (χ1n) is 6.77. The molecule has 0 unspecified atom stereocenters. The van der Waals surface area contributed by atoms with Gasteiger partial charge in [0.05, 0.1) is 24.8 Å². The van der Waals surface area contributed by atoms with Crippen LogP contribution >= 0.6 is 11.3 Å². The van der Waals surface area contributed by atoms with Crippen LogP contribution < -0.4 is 5.32 Å². The van der Waals surface area contributed by atoms with Crippen molar-refractivity contribution in [2.45, 2.75) is 38.7 Å². The van der Waals surface area contributed by atoms with Crippen LogP contribution in [0.2, 0.25) is 0 Å². The van der Waals surface area contributed by atoms with Gasteiger partial charge in [-0.3, -0.25) is 0 Å². The Morgan fingerprint density at radius 1 is 1.53 bits per heavy atom. The highest BCUT2D eigenvalue weighted by molar-refractivity contribution is 7.14. The Labute approximate surface area is 117 Å². The Morgan fingerprint density at radius 2 is 2.32 bits per heavy atom. The number of nitrogens with zero attached hydrogens (tertiary/aromatic N) is 1. The highest BCUT2D eigenvalue weighted by Gasteiger charge is 2.17. The van der Waals surface area contributed by atoms with Crippen molar-refractivity contribution in [1.29, 1.82) is 0 Å². The molecule has 1 aromatic rings. The summed E-state index contributed by atoms with van der Waals surface area (Å²) < 4.78 is 10.7. The molecule has 1 aliphatic rings. The predicted molar refractivity (Wildman–Crippen MR) is 74.8 cm³/mol. The molecular formula is C13H20N2O3S. The first-order valence-corrected chi connectivity index (χ1v) is 7.65. The average molecular weight is 284 g/mol. The van der Waals surface area contributed by atoms with Crippen LogP contribution in [0.5, 0.6) is 0 Å². The zero-order valence-electron chi connectivity index (χ0n) is 11.2. The molecule has 0 atom stereocenters. The van der Waals surface area contributed by atoms with E-state index in [0.29, 0.717) is 31.6 Å². The first-order chi connectivity index (χ1) is 9.31. The van der Waals surface area contributed by atoms with E-state index in [1.54, 1.807) is 12.4 Å². The van der Waals surface area contributed by atoms with Crippen molar-refractivity contribution >= 4 is 22.3 Å². The van der Waals surface area contributed by atoms with Gasteiger partial charge in [0.2, 0.25) is 0 Å². The van der Waals surface area contributed by atoms with Crippen LogP contribution in [-0.4, -0.2) is 36.8 Å². The Hall–Kier alpha value is -1.14. The molecule has 1 fully saturated rings. The second kappa shape index (κ2) is 7.45. The molecule has 2 rings (SSSR count). The van der Waals surface area contributed by atoms with Crippen LogP contribution in [-0.2, 0) is 9.47 Å². The lowest BCUT2D eigenvalue weighted by Crippen LogP contribution is -2.16. The topological polar surface area (TPSA) is 60.5 Å². The van der Waals surface area contributed by atoms with Crippen molar-refractivity contribution < 1.29 is 14.3 Å². The number of carbonyl (C=O) groups is 1. The molecule has 0 amide bonds. The molecule has 1 N–H and O–H groups in total. The second-order valence-corrected chi connectivity index (χ2v) is 5.31. The number of anilines is 1. The standard InChI is InChI=1S/C13H20N2O3S/c1-2-17-13(16)11-12(19-9-15-11)14-7-8-18-10-5-3-4-6-10/h9-10,14H,2-8H2,1H3. The van der Waals surface area contributed by atoms with E-state index in [0.717, 1.165) is 5.00 Å². The van der Waals surface area contributed by atoms with Gasteiger partial charge in [0, 0.05) is 6.54 Å². The molecule has 0 bridgehead atoms. The molecule has 0 aliphatic heterocycles. The third kappa shape index (κ3) is 4.18. The number of hydrogen-bond donors (Lipinski definition) is 1. The van der Waals surface area contributed by atoms with Gasteiger partial charge in [0.15, 0.2) is 5.69 Å². The number of ether oxygens (including phenoxy) is 2. The monoisotopic (exact) mass is 284 g/mol. The van der Waals surface area contributed by atoms with E-state index in [1.807, 2.05) is 0 Å². The molecule has 0 spiro atoms. The number of esters is 1. The van der Waals surface area contributed by atoms with Crippen molar-refractivity contribution in [3.05, 3.63) is 11.2 Å². The largest absolute Gasteiger partial charge is 0.461 e. The molecule has 19 heavy (non-hydrogen) atoms. The minimum absolute atomic E-state index is 0.362. The van der Waals surface area contributed by atoms with E-state index in [2.05, 4.69) is 10.3 Å². The second-order valence-electron chi connectivity index (χ2n) is 4.45. The summed E-state index contributed by atoms with van der Waals surface area (Å²) in [4.78, 5) is 15.7. The van der Waals surface area contributed by atoms with E-state index >= 15 is 0 Å². The molecule has 0 aromatic carbocycles. The molecule has 1 heterocycles. The highest BCUT2D eigenvalue weighted by Crippen LogP contribution is 2.22. The highest BCUT2D eigenvalue weighted by atomic mass is 32.1. The maximum atomic E-state index is 11.6. The molecule has 106 valence electrons. The van der Waals surface area contributed by atoms with Gasteiger partial charge in [-0.15, -0.1) is 11.3 Å². The zero-order valence-corrected chi connectivity index (χ0v) is 12.0. The summed E-state index contributed by atoms with van der Waals surface area (Å²) in [6.45, 7) is 3.49. The molecule has 1 aromatic heterocycles. The van der Waals surface area contributed by atoms with E-state index in [-0.39, 0.29) is 5.97 Å². The summed E-state index contributed by atoms with van der Waals surface area (Å²) in [5.41, 5.74) is 2.01. The quantitative estimate of drug-likeness (QED) is 0.616. The van der Waals surface area contributed by atoms with Crippen molar-refractivity contribution in [3.8, 4) is 0 Å². The summed E-state index contributed by atoms with van der Waals surface area (Å²) in [5.74, 6) is -0.372. The van der Waals surface area contributed by atoms with Crippen molar-refractivity contribution in [1.82, 2.24) is 4.98 Å². The molecule has 1 aliphatic carbocycles. The molecule has 0 saturated heterocycles. The normalized spacial score (nSPS) is 15.6. The van der Waals surface area contributed by atoms with Crippen LogP contribution in [0.4, 0.5) is 5.00 Å². The lowest BCUT2D eigenvalue weighted by molar-refractivity contribution is 0.0520. The fraction of sp³-hybridized carbons (Fsp3) is 0.692. The summed E-state index contributed by atoms with van der Waals surface area (Å²) in [6.07, 6.45) is 5.33. The van der Waals surface area contributed by atoms with E-state index in [1.165, 1.54) is 37.0 Å². The summed E-state index contributed by atoms with van der Waals surface area (Å²) >= 11 is 1.41. The predicted octanol–water partition coefficient (Wildman–Crippen LogP) is 2.69. The van der Waals surface area contributed by atoms with E-state index < -0.39 is 0 Å². The average Bonchev–Trinajstić information content (AvgIpc) is 3.06. The molecule has 6 heteroatoms. The number of nitrogens with one attached hydrogen (secondary N) is 1. The smallest absolute Gasteiger partial charge is 0.360 e. The number of aromatic nitrogens is 1. The SMILES string of the molecule is CCOC(=O)c1ncsc1NCCOC1CCCC1. The van der Waals surface area contributed by atoms with E-state index in [9.17, 15) is 4.79 Å². The Bertz CT molecular complexity index is 402. The molecule has 5 nitrogen and oxygen atoms in total. The van der Waals surface area contributed by atoms with Gasteiger partial charge in [-0.25, -0.2) is 9.78 Å². The Morgan fingerprint density at radius 3 is 3.05 bits per heavy atom. The fourth-order valence-corrected chi connectivity index (χ4v) is 2.86. The number of carbonyl (C=O) groups excluding carboxylic acids is 1. The van der Waals surface area contributed by atoms with Crippen molar-refractivity contribution in [2.75, 3.05) is 25.1 Å².